The third-order valence-corrected chi connectivity index (χ3v) is 3.09. The van der Waals surface area contributed by atoms with Crippen LogP contribution in [0.5, 0.6) is 11.5 Å². The van der Waals surface area contributed by atoms with Gasteiger partial charge in [-0.25, -0.2) is 0 Å². The Morgan fingerprint density at radius 1 is 1.20 bits per heavy atom. The summed E-state index contributed by atoms with van der Waals surface area (Å²) in [6.45, 7) is 0. The molecule has 0 aromatic heterocycles. The number of carbonyl (C=O) groups is 1. The molecule has 2 rings (SSSR count). The molecule has 5 nitrogen and oxygen atoms in total. The number of nitrogens with zero attached hydrogens (tertiary/aromatic N) is 1. The monoisotopic (exact) mass is 332 g/mol. The molecule has 20 heavy (non-hydrogen) atoms. The largest absolute Gasteiger partial charge is 0.507 e. The van der Waals surface area contributed by atoms with Crippen molar-refractivity contribution >= 4 is 27.5 Å². The zero-order chi connectivity index (χ0) is 14.7. The van der Waals surface area contributed by atoms with Crippen molar-refractivity contribution in [3.05, 3.63) is 52.0 Å². The van der Waals surface area contributed by atoms with E-state index in [2.05, 4.69) is 21.2 Å². The molecule has 3 N–H and O–H groups in total. The number of halogens is 1. The molecule has 0 heterocycles. The summed E-state index contributed by atoms with van der Waals surface area (Å²) in [5.41, 5.74) is 0.322. The lowest BCUT2D eigenvalue weighted by Gasteiger charge is -2.10. The van der Waals surface area contributed by atoms with E-state index in [1.807, 2.05) is 6.07 Å². The minimum absolute atomic E-state index is 0.239. The fraction of sp³-hybridized carbons (Fsp3) is 0. The number of phenolic OH excluding ortho intramolecular Hbond substituents is 2. The van der Waals surface area contributed by atoms with E-state index in [0.717, 1.165) is 0 Å². The van der Waals surface area contributed by atoms with Crippen LogP contribution in [0.3, 0.4) is 0 Å². The molecule has 0 atom stereocenters. The summed E-state index contributed by atoms with van der Waals surface area (Å²) in [5, 5.41) is 30.7. The summed E-state index contributed by atoms with van der Waals surface area (Å²) in [6, 6.07) is 10.7. The van der Waals surface area contributed by atoms with Crippen molar-refractivity contribution in [3.8, 4) is 17.6 Å². The molecule has 0 aliphatic carbocycles. The van der Waals surface area contributed by atoms with E-state index in [4.69, 9.17) is 5.26 Å². The van der Waals surface area contributed by atoms with Gasteiger partial charge in [-0.1, -0.05) is 22.0 Å². The van der Waals surface area contributed by atoms with Gasteiger partial charge in [0.05, 0.1) is 11.3 Å². The second kappa shape index (κ2) is 5.63. The van der Waals surface area contributed by atoms with E-state index < -0.39 is 5.91 Å². The molecule has 0 aliphatic heterocycles. The van der Waals surface area contributed by atoms with Crippen LogP contribution in [-0.2, 0) is 0 Å². The summed E-state index contributed by atoms with van der Waals surface area (Å²) in [6.07, 6.45) is 0. The maximum Gasteiger partial charge on any atom is 0.263 e. The van der Waals surface area contributed by atoms with E-state index in [1.54, 1.807) is 18.2 Å². The lowest BCUT2D eigenvalue weighted by atomic mass is 10.1. The van der Waals surface area contributed by atoms with Crippen molar-refractivity contribution in [1.82, 2.24) is 0 Å². The topological polar surface area (TPSA) is 93.4 Å². The third-order valence-electron chi connectivity index (χ3n) is 2.60. The highest BCUT2D eigenvalue weighted by atomic mass is 79.9. The number of hydrogen-bond donors (Lipinski definition) is 3. The zero-order valence-electron chi connectivity index (χ0n) is 10.1. The van der Waals surface area contributed by atoms with Crippen molar-refractivity contribution in [3.63, 3.8) is 0 Å². The van der Waals surface area contributed by atoms with Gasteiger partial charge in [0.15, 0.2) is 0 Å². The quantitative estimate of drug-likeness (QED) is 0.788. The summed E-state index contributed by atoms with van der Waals surface area (Å²) < 4.78 is 0.688. The van der Waals surface area contributed by atoms with E-state index in [-0.39, 0.29) is 28.3 Å². The highest BCUT2D eigenvalue weighted by molar-refractivity contribution is 9.10. The molecule has 2 aromatic rings. The van der Waals surface area contributed by atoms with Crippen molar-refractivity contribution in [1.29, 1.82) is 5.26 Å². The highest BCUT2D eigenvalue weighted by Crippen LogP contribution is 2.28. The number of carbonyl (C=O) groups excluding carboxylic acids is 1. The number of amides is 1. The number of aromatic hydroxyl groups is 2. The minimum Gasteiger partial charge on any atom is -0.507 e. The van der Waals surface area contributed by atoms with Crippen molar-refractivity contribution in [2.24, 2.45) is 0 Å². The predicted octanol–water partition coefficient (Wildman–Crippen LogP) is 2.98. The van der Waals surface area contributed by atoms with Crippen LogP contribution in [0.1, 0.15) is 15.9 Å². The summed E-state index contributed by atoms with van der Waals surface area (Å²) in [5.74, 6) is -1.37. The second-order valence-corrected chi connectivity index (χ2v) is 4.84. The third kappa shape index (κ3) is 2.73. The molecular formula is C14H9BrN2O3. The normalized spacial score (nSPS) is 9.80. The molecule has 0 radical (unpaired) electrons. The van der Waals surface area contributed by atoms with Gasteiger partial charge in [0.25, 0.3) is 5.91 Å². The fourth-order valence-electron chi connectivity index (χ4n) is 1.66. The van der Waals surface area contributed by atoms with Crippen LogP contribution in [-0.4, -0.2) is 16.1 Å². The van der Waals surface area contributed by atoms with Gasteiger partial charge >= 0.3 is 0 Å². The predicted molar refractivity (Wildman–Crippen MR) is 76.6 cm³/mol. The SMILES string of the molecule is N#Cc1ccc(Br)cc1NC(=O)c1c(O)cccc1O. The van der Waals surface area contributed by atoms with Crippen molar-refractivity contribution in [2.75, 3.05) is 5.32 Å². The molecule has 6 heteroatoms. The molecule has 0 saturated heterocycles. The summed E-state index contributed by atoms with van der Waals surface area (Å²) >= 11 is 3.24. The Balaban J connectivity index is 2.38. The Morgan fingerprint density at radius 2 is 1.85 bits per heavy atom. The lowest BCUT2D eigenvalue weighted by molar-refractivity contribution is 0.102. The Bertz CT molecular complexity index is 703. The van der Waals surface area contributed by atoms with E-state index in [1.165, 1.54) is 18.2 Å². The van der Waals surface area contributed by atoms with Gasteiger partial charge in [0.2, 0.25) is 0 Å². The van der Waals surface area contributed by atoms with Crippen LogP contribution in [0.25, 0.3) is 0 Å². The molecule has 1 amide bonds. The molecule has 0 saturated carbocycles. The van der Waals surface area contributed by atoms with E-state index in [0.29, 0.717) is 4.47 Å². The molecule has 0 aliphatic rings. The number of rotatable bonds is 2. The average Bonchev–Trinajstić information content (AvgIpc) is 2.38. The van der Waals surface area contributed by atoms with Gasteiger partial charge in [-0.2, -0.15) is 5.26 Å². The summed E-state index contributed by atoms with van der Waals surface area (Å²) in [7, 11) is 0. The van der Waals surface area contributed by atoms with Crippen LogP contribution in [0.15, 0.2) is 40.9 Å². The molecule has 0 fully saturated rings. The average molecular weight is 333 g/mol. The van der Waals surface area contributed by atoms with Gasteiger partial charge in [-0.05, 0) is 30.3 Å². The van der Waals surface area contributed by atoms with Gasteiger partial charge in [-0.15, -0.1) is 0 Å². The minimum atomic E-state index is -0.699. The van der Waals surface area contributed by atoms with Crippen LogP contribution in [0.2, 0.25) is 0 Å². The standard InChI is InChI=1S/C14H9BrN2O3/c15-9-5-4-8(7-16)10(6-9)17-14(20)13-11(18)2-1-3-12(13)19/h1-6,18-19H,(H,17,20). The zero-order valence-corrected chi connectivity index (χ0v) is 11.7. The Labute approximate surface area is 123 Å². The molecular weight excluding hydrogens is 324 g/mol. The van der Waals surface area contributed by atoms with E-state index >= 15 is 0 Å². The van der Waals surface area contributed by atoms with Crippen molar-refractivity contribution in [2.45, 2.75) is 0 Å². The number of hydrogen-bond acceptors (Lipinski definition) is 4. The van der Waals surface area contributed by atoms with Gasteiger partial charge < -0.3 is 15.5 Å². The van der Waals surface area contributed by atoms with Gasteiger partial charge in [-0.3, -0.25) is 4.79 Å². The fourth-order valence-corrected chi connectivity index (χ4v) is 2.02. The lowest BCUT2D eigenvalue weighted by Crippen LogP contribution is -2.13. The molecule has 0 unspecified atom stereocenters. The summed E-state index contributed by atoms with van der Waals surface area (Å²) in [4.78, 5) is 12.1. The van der Waals surface area contributed by atoms with E-state index in [9.17, 15) is 15.0 Å². The number of nitriles is 1. The van der Waals surface area contributed by atoms with Crippen LogP contribution in [0.4, 0.5) is 5.69 Å². The number of nitrogens with one attached hydrogen (secondary N) is 1. The molecule has 2 aromatic carbocycles. The molecule has 0 bridgehead atoms. The first-order valence-corrected chi connectivity index (χ1v) is 6.34. The first-order valence-electron chi connectivity index (χ1n) is 5.55. The maximum absolute atomic E-state index is 12.1. The second-order valence-electron chi connectivity index (χ2n) is 3.93. The van der Waals surface area contributed by atoms with Crippen LogP contribution in [0, 0.1) is 11.3 Å². The first kappa shape index (κ1) is 13.9. The Morgan fingerprint density at radius 3 is 2.45 bits per heavy atom. The number of phenols is 2. The van der Waals surface area contributed by atoms with Crippen LogP contribution < -0.4 is 5.32 Å². The highest BCUT2D eigenvalue weighted by Gasteiger charge is 2.17. The van der Waals surface area contributed by atoms with Gasteiger partial charge in [0.1, 0.15) is 23.1 Å². The smallest absolute Gasteiger partial charge is 0.263 e. The number of benzene rings is 2. The van der Waals surface area contributed by atoms with Gasteiger partial charge in [0, 0.05) is 4.47 Å². The Kier molecular flexibility index (Phi) is 3.91. The maximum atomic E-state index is 12.1. The molecule has 100 valence electrons. The Hall–Kier alpha value is -2.52. The van der Waals surface area contributed by atoms with Crippen molar-refractivity contribution < 1.29 is 15.0 Å². The number of anilines is 1. The first-order chi connectivity index (χ1) is 9.52. The molecule has 0 spiro atoms. The van der Waals surface area contributed by atoms with Crippen LogP contribution >= 0.6 is 15.9 Å².